The summed E-state index contributed by atoms with van der Waals surface area (Å²) in [5.74, 6) is -2.16. The number of halogens is 2. The van der Waals surface area contributed by atoms with E-state index in [0.717, 1.165) is 12.1 Å². The van der Waals surface area contributed by atoms with Crippen LogP contribution in [0.15, 0.2) is 16.6 Å². The maximum atomic E-state index is 13.0. The van der Waals surface area contributed by atoms with Crippen LogP contribution in [0.4, 0.5) is 4.39 Å². The fourth-order valence-electron chi connectivity index (χ4n) is 0.971. The van der Waals surface area contributed by atoms with E-state index in [9.17, 15) is 9.18 Å². The molecule has 3 N–H and O–H groups in total. The number of carbonyl (C=O) groups is 1. The van der Waals surface area contributed by atoms with Gasteiger partial charge in [0, 0.05) is 9.94 Å². The van der Waals surface area contributed by atoms with Crippen LogP contribution in [0.25, 0.3) is 0 Å². The van der Waals surface area contributed by atoms with Crippen molar-refractivity contribution in [3.05, 3.63) is 28.0 Å². The second-order valence-corrected chi connectivity index (χ2v) is 3.29. The molecule has 4 nitrogen and oxygen atoms in total. The minimum Gasteiger partial charge on any atom is -0.478 e. The van der Waals surface area contributed by atoms with Crippen LogP contribution in [0.3, 0.4) is 0 Å². The summed E-state index contributed by atoms with van der Waals surface area (Å²) in [6.45, 7) is 0. The predicted molar refractivity (Wildman–Crippen MR) is 50.9 cm³/mol. The Hall–Kier alpha value is -0.915. The molecular formula is C7H5BBrFO4. The molecule has 0 heterocycles. The van der Waals surface area contributed by atoms with Gasteiger partial charge in [-0.3, -0.25) is 0 Å². The van der Waals surface area contributed by atoms with E-state index in [4.69, 9.17) is 15.2 Å². The summed E-state index contributed by atoms with van der Waals surface area (Å²) in [5, 5.41) is 26.2. The zero-order valence-electron chi connectivity index (χ0n) is 6.74. The second kappa shape index (κ2) is 4.08. The van der Waals surface area contributed by atoms with Crippen molar-refractivity contribution in [1.82, 2.24) is 0 Å². The van der Waals surface area contributed by atoms with E-state index in [2.05, 4.69) is 15.9 Å². The number of benzene rings is 1. The molecule has 1 aromatic rings. The highest BCUT2D eigenvalue weighted by atomic mass is 79.9. The molecule has 1 rings (SSSR count). The van der Waals surface area contributed by atoms with E-state index in [-0.39, 0.29) is 10.0 Å². The normalized spacial score (nSPS) is 10.0. The van der Waals surface area contributed by atoms with E-state index in [1.54, 1.807) is 0 Å². The minimum atomic E-state index is -2.05. The van der Waals surface area contributed by atoms with Crippen molar-refractivity contribution >= 4 is 34.5 Å². The molecule has 0 spiro atoms. The monoisotopic (exact) mass is 262 g/mol. The average Bonchev–Trinajstić information content (AvgIpc) is 2.02. The smallest absolute Gasteiger partial charge is 0.478 e. The van der Waals surface area contributed by atoms with Crippen LogP contribution in [0.1, 0.15) is 10.4 Å². The lowest BCUT2D eigenvalue weighted by atomic mass is 9.79. The Labute approximate surface area is 87.3 Å². The van der Waals surface area contributed by atoms with Crippen molar-refractivity contribution in [3.8, 4) is 0 Å². The first-order chi connectivity index (χ1) is 6.45. The number of hydrogen-bond acceptors (Lipinski definition) is 3. The van der Waals surface area contributed by atoms with E-state index in [0.29, 0.717) is 0 Å². The van der Waals surface area contributed by atoms with Gasteiger partial charge >= 0.3 is 13.1 Å². The molecule has 0 saturated heterocycles. The Bertz CT molecular complexity index is 382. The third-order valence-electron chi connectivity index (χ3n) is 1.62. The van der Waals surface area contributed by atoms with Crippen LogP contribution in [-0.4, -0.2) is 28.2 Å². The number of rotatable bonds is 2. The Balaban J connectivity index is 3.41. The molecule has 14 heavy (non-hydrogen) atoms. The number of aromatic carboxylic acids is 1. The summed E-state index contributed by atoms with van der Waals surface area (Å²) in [6.07, 6.45) is 0. The maximum Gasteiger partial charge on any atom is 0.492 e. The highest BCUT2D eigenvalue weighted by Gasteiger charge is 2.24. The number of carboxylic acid groups (broad SMARTS) is 1. The van der Waals surface area contributed by atoms with Gasteiger partial charge in [0.25, 0.3) is 0 Å². The molecule has 0 aromatic heterocycles. The quantitative estimate of drug-likeness (QED) is 0.654. The van der Waals surface area contributed by atoms with Crippen molar-refractivity contribution in [2.24, 2.45) is 0 Å². The summed E-state index contributed by atoms with van der Waals surface area (Å²) >= 11 is 2.79. The number of carboxylic acids is 1. The first-order valence-corrected chi connectivity index (χ1v) is 4.31. The van der Waals surface area contributed by atoms with Crippen LogP contribution in [0.5, 0.6) is 0 Å². The Kier molecular flexibility index (Phi) is 3.25. The van der Waals surface area contributed by atoms with Gasteiger partial charge in [0.15, 0.2) is 0 Å². The topological polar surface area (TPSA) is 77.8 Å². The van der Waals surface area contributed by atoms with Crippen LogP contribution < -0.4 is 5.46 Å². The van der Waals surface area contributed by atoms with Gasteiger partial charge in [-0.1, -0.05) is 15.9 Å². The summed E-state index contributed by atoms with van der Waals surface area (Å²) in [5.41, 5.74) is -0.709. The van der Waals surface area contributed by atoms with Gasteiger partial charge in [0.1, 0.15) is 5.82 Å². The Morgan fingerprint density at radius 3 is 2.43 bits per heavy atom. The third kappa shape index (κ3) is 1.94. The second-order valence-electron chi connectivity index (χ2n) is 2.50. The predicted octanol–water partition coefficient (Wildman–Crippen LogP) is -0.0338. The molecule has 0 bridgehead atoms. The molecule has 1 aromatic carbocycles. The van der Waals surface area contributed by atoms with Gasteiger partial charge in [-0.2, -0.15) is 0 Å². The highest BCUT2D eigenvalue weighted by Crippen LogP contribution is 2.16. The molecule has 7 heteroatoms. The third-order valence-corrected chi connectivity index (χ3v) is 2.47. The molecular weight excluding hydrogens is 258 g/mol. The van der Waals surface area contributed by atoms with Crippen molar-refractivity contribution in [3.63, 3.8) is 0 Å². The first kappa shape index (κ1) is 11.2. The van der Waals surface area contributed by atoms with Gasteiger partial charge in [0.2, 0.25) is 0 Å². The summed E-state index contributed by atoms with van der Waals surface area (Å²) < 4.78 is 12.8. The Morgan fingerprint density at radius 2 is 2.00 bits per heavy atom. The molecule has 0 aliphatic carbocycles. The molecule has 0 aliphatic heterocycles. The van der Waals surface area contributed by atoms with Gasteiger partial charge in [-0.25, -0.2) is 9.18 Å². The zero-order valence-corrected chi connectivity index (χ0v) is 8.32. The molecule has 0 radical (unpaired) electrons. The SMILES string of the molecule is O=C(O)c1ccc(F)c(B(O)O)c1Br. The lowest BCUT2D eigenvalue weighted by Gasteiger charge is -2.07. The molecule has 0 atom stereocenters. The fourth-order valence-corrected chi connectivity index (χ4v) is 1.67. The molecule has 0 amide bonds. The average molecular weight is 263 g/mol. The standard InChI is InChI=1S/C7H5BBrFO4/c9-6-3(7(11)12)1-2-4(10)5(6)8(13)14/h1-2,13-14H,(H,11,12). The minimum absolute atomic E-state index is 0.167. The lowest BCUT2D eigenvalue weighted by molar-refractivity contribution is 0.0696. The molecule has 0 aliphatic rings. The summed E-state index contributed by atoms with van der Waals surface area (Å²) in [6, 6.07) is 1.90. The van der Waals surface area contributed by atoms with Crippen LogP contribution in [0.2, 0.25) is 0 Å². The van der Waals surface area contributed by atoms with E-state index < -0.39 is 24.4 Å². The summed E-state index contributed by atoms with van der Waals surface area (Å²) in [4.78, 5) is 10.6. The van der Waals surface area contributed by atoms with Gasteiger partial charge in [0.05, 0.1) is 5.56 Å². The van der Waals surface area contributed by atoms with Crippen molar-refractivity contribution in [2.45, 2.75) is 0 Å². The Morgan fingerprint density at radius 1 is 1.43 bits per heavy atom. The number of hydrogen-bond donors (Lipinski definition) is 3. The van der Waals surface area contributed by atoms with E-state index in [1.165, 1.54) is 0 Å². The van der Waals surface area contributed by atoms with E-state index in [1.807, 2.05) is 0 Å². The van der Waals surface area contributed by atoms with Gasteiger partial charge in [-0.05, 0) is 12.1 Å². The fraction of sp³-hybridized carbons (Fsp3) is 0. The lowest BCUT2D eigenvalue weighted by Crippen LogP contribution is -2.35. The van der Waals surface area contributed by atoms with Crippen LogP contribution in [-0.2, 0) is 0 Å². The summed E-state index contributed by atoms with van der Waals surface area (Å²) in [7, 11) is -2.05. The van der Waals surface area contributed by atoms with Crippen LogP contribution >= 0.6 is 15.9 Å². The largest absolute Gasteiger partial charge is 0.492 e. The molecule has 0 saturated carbocycles. The van der Waals surface area contributed by atoms with Crippen molar-refractivity contribution < 1.29 is 24.3 Å². The van der Waals surface area contributed by atoms with Crippen LogP contribution in [0, 0.1) is 5.82 Å². The first-order valence-electron chi connectivity index (χ1n) is 3.52. The molecule has 74 valence electrons. The molecule has 0 unspecified atom stereocenters. The van der Waals surface area contributed by atoms with E-state index >= 15 is 0 Å². The highest BCUT2D eigenvalue weighted by molar-refractivity contribution is 9.10. The van der Waals surface area contributed by atoms with Gasteiger partial charge < -0.3 is 15.2 Å². The molecule has 0 fully saturated rings. The zero-order chi connectivity index (χ0) is 10.9. The van der Waals surface area contributed by atoms with Gasteiger partial charge in [-0.15, -0.1) is 0 Å². The van der Waals surface area contributed by atoms with Crippen molar-refractivity contribution in [1.29, 1.82) is 0 Å². The maximum absolute atomic E-state index is 13.0. The van der Waals surface area contributed by atoms with Crippen molar-refractivity contribution in [2.75, 3.05) is 0 Å².